The lowest BCUT2D eigenvalue weighted by Gasteiger charge is -2.35. The molecule has 2 rings (SSSR count). The van der Waals surface area contributed by atoms with Gasteiger partial charge in [0.15, 0.2) is 0 Å². The number of carbonyl (C=O) groups is 4. The van der Waals surface area contributed by atoms with Crippen molar-refractivity contribution in [1.29, 1.82) is 0 Å². The molecule has 0 aromatic heterocycles. The third kappa shape index (κ3) is 9.96. The van der Waals surface area contributed by atoms with Gasteiger partial charge in [0.1, 0.15) is 12.1 Å². The standard InChI is InChI=1S/C30H43N3O7/c1-5-20-13-15-21(16-14-20)23(19-34)31-28(39)24-17-22(35)18-33(24)29(40)27(30(2,3)4)32-25(36)11-9-7-6-8-10-12-26(37)38/h1,13-16,22-24,27,34-35H,6-12,17-19H2,2-4H3,(H,31,39)(H,32,36)(H,37,38)/t22-,23+,24+,27-/m1/s1. The van der Waals surface area contributed by atoms with Crippen molar-refractivity contribution in [2.45, 2.75) is 96.4 Å². The minimum Gasteiger partial charge on any atom is -0.481 e. The summed E-state index contributed by atoms with van der Waals surface area (Å²) in [6, 6.07) is 4.23. The van der Waals surface area contributed by atoms with Crippen molar-refractivity contribution in [2.75, 3.05) is 13.2 Å². The minimum absolute atomic E-state index is 0.0401. The fourth-order valence-corrected chi connectivity index (χ4v) is 4.76. The summed E-state index contributed by atoms with van der Waals surface area (Å²) in [6.07, 6.45) is 8.50. The molecule has 3 amide bonds. The molecule has 220 valence electrons. The molecule has 0 spiro atoms. The summed E-state index contributed by atoms with van der Waals surface area (Å²) in [5.74, 6) is 0.454. The summed E-state index contributed by atoms with van der Waals surface area (Å²) < 4.78 is 0. The first-order valence-electron chi connectivity index (χ1n) is 13.8. The molecule has 1 saturated heterocycles. The number of hydrogen-bond acceptors (Lipinski definition) is 6. The van der Waals surface area contributed by atoms with Crippen LogP contribution in [0.2, 0.25) is 0 Å². The molecule has 0 saturated carbocycles. The molecule has 0 radical (unpaired) electrons. The molecule has 1 aromatic carbocycles. The summed E-state index contributed by atoms with van der Waals surface area (Å²) in [5.41, 5.74) is 0.645. The van der Waals surface area contributed by atoms with Crippen molar-refractivity contribution in [1.82, 2.24) is 15.5 Å². The number of nitrogens with zero attached hydrogens (tertiary/aromatic N) is 1. The number of amides is 3. The quantitative estimate of drug-likeness (QED) is 0.173. The maximum atomic E-state index is 13.7. The van der Waals surface area contributed by atoms with E-state index in [2.05, 4.69) is 16.6 Å². The number of rotatable bonds is 14. The SMILES string of the molecule is C#Cc1ccc([C@H](CO)NC(=O)[C@@H]2C[C@@H](O)CN2C(=O)[C@@H](NC(=O)CCCCCCCC(=O)O)C(C)(C)C)cc1. The Kier molecular flexibility index (Phi) is 12.6. The zero-order valence-corrected chi connectivity index (χ0v) is 23.7. The van der Waals surface area contributed by atoms with Crippen molar-refractivity contribution in [3.63, 3.8) is 0 Å². The van der Waals surface area contributed by atoms with Crippen LogP contribution in [0.15, 0.2) is 24.3 Å². The molecule has 1 aliphatic rings. The number of terminal acetylenes is 1. The third-order valence-corrected chi connectivity index (χ3v) is 7.06. The fourth-order valence-electron chi connectivity index (χ4n) is 4.76. The van der Waals surface area contributed by atoms with Crippen LogP contribution < -0.4 is 10.6 Å². The maximum Gasteiger partial charge on any atom is 0.303 e. The average Bonchev–Trinajstić information content (AvgIpc) is 3.30. The number of carboxylic acid groups (broad SMARTS) is 1. The number of nitrogens with one attached hydrogen (secondary N) is 2. The first kappa shape index (κ1) is 32.8. The van der Waals surface area contributed by atoms with Gasteiger partial charge in [-0.2, -0.15) is 0 Å². The Hall–Kier alpha value is -3.42. The number of aliphatic carboxylic acids is 1. The number of carbonyl (C=O) groups excluding carboxylic acids is 3. The molecule has 0 aliphatic carbocycles. The maximum absolute atomic E-state index is 13.7. The molecular weight excluding hydrogens is 514 g/mol. The van der Waals surface area contributed by atoms with Crippen molar-refractivity contribution in [3.8, 4) is 12.3 Å². The topological polar surface area (TPSA) is 156 Å². The van der Waals surface area contributed by atoms with Crippen LogP contribution in [-0.4, -0.2) is 75.2 Å². The van der Waals surface area contributed by atoms with Gasteiger partial charge < -0.3 is 30.9 Å². The van der Waals surface area contributed by atoms with E-state index in [1.54, 1.807) is 24.3 Å². The van der Waals surface area contributed by atoms with Gasteiger partial charge in [0.05, 0.1) is 18.8 Å². The number of aliphatic hydroxyl groups excluding tert-OH is 2. The molecule has 0 bridgehead atoms. The molecule has 1 aliphatic heterocycles. The lowest BCUT2D eigenvalue weighted by Crippen LogP contribution is -2.58. The minimum atomic E-state index is -0.964. The van der Waals surface area contributed by atoms with Gasteiger partial charge in [-0.3, -0.25) is 19.2 Å². The molecule has 5 N–H and O–H groups in total. The highest BCUT2D eigenvalue weighted by molar-refractivity contribution is 5.93. The lowest BCUT2D eigenvalue weighted by molar-refractivity contribution is -0.144. The van der Waals surface area contributed by atoms with Crippen molar-refractivity contribution >= 4 is 23.7 Å². The van der Waals surface area contributed by atoms with Gasteiger partial charge in [-0.05, 0) is 36.0 Å². The van der Waals surface area contributed by atoms with Gasteiger partial charge in [-0.25, -0.2) is 0 Å². The van der Waals surface area contributed by atoms with Gasteiger partial charge >= 0.3 is 5.97 Å². The number of unbranched alkanes of at least 4 members (excludes halogenated alkanes) is 4. The van der Waals surface area contributed by atoms with Crippen LogP contribution in [0.4, 0.5) is 0 Å². The molecule has 10 nitrogen and oxygen atoms in total. The van der Waals surface area contributed by atoms with Crippen LogP contribution in [0.5, 0.6) is 0 Å². The van der Waals surface area contributed by atoms with Crippen molar-refractivity contribution in [3.05, 3.63) is 35.4 Å². The highest BCUT2D eigenvalue weighted by atomic mass is 16.4. The number of aliphatic hydroxyl groups is 2. The molecule has 1 aromatic rings. The zero-order chi connectivity index (χ0) is 29.9. The van der Waals surface area contributed by atoms with Crippen molar-refractivity contribution < 1.29 is 34.5 Å². The largest absolute Gasteiger partial charge is 0.481 e. The normalized spacial score (nSPS) is 18.4. The Morgan fingerprint density at radius 2 is 1.62 bits per heavy atom. The fraction of sp³-hybridized carbons (Fsp3) is 0.600. The summed E-state index contributed by atoms with van der Waals surface area (Å²) >= 11 is 0. The lowest BCUT2D eigenvalue weighted by atomic mass is 9.85. The second-order valence-electron chi connectivity index (χ2n) is 11.4. The van der Waals surface area contributed by atoms with E-state index in [-0.39, 0.29) is 38.3 Å². The van der Waals surface area contributed by atoms with Crippen LogP contribution in [0.1, 0.15) is 89.3 Å². The highest BCUT2D eigenvalue weighted by Gasteiger charge is 2.44. The third-order valence-electron chi connectivity index (χ3n) is 7.06. The highest BCUT2D eigenvalue weighted by Crippen LogP contribution is 2.27. The summed E-state index contributed by atoms with van der Waals surface area (Å²) in [7, 11) is 0. The number of β-amino-alcohol motifs (C(OH)–C–C–N with tert-alkyl or cyclic N) is 1. The Balaban J connectivity index is 2.03. The Morgan fingerprint density at radius 1 is 1.02 bits per heavy atom. The molecule has 1 fully saturated rings. The van der Waals surface area contributed by atoms with Gasteiger partial charge in [0, 0.05) is 31.4 Å². The van der Waals surface area contributed by atoms with Gasteiger partial charge in [0.2, 0.25) is 17.7 Å². The van der Waals surface area contributed by atoms with E-state index in [4.69, 9.17) is 11.5 Å². The van der Waals surface area contributed by atoms with Crippen LogP contribution in [-0.2, 0) is 19.2 Å². The molecular formula is C30H43N3O7. The van der Waals surface area contributed by atoms with E-state index >= 15 is 0 Å². The van der Waals surface area contributed by atoms with Crippen molar-refractivity contribution in [2.24, 2.45) is 5.41 Å². The molecule has 1 heterocycles. The van der Waals surface area contributed by atoms with Crippen LogP contribution >= 0.6 is 0 Å². The van der Waals surface area contributed by atoms with E-state index < -0.39 is 47.4 Å². The zero-order valence-electron chi connectivity index (χ0n) is 23.7. The number of hydrogen-bond donors (Lipinski definition) is 5. The number of carboxylic acids is 1. The van der Waals surface area contributed by atoms with E-state index in [0.717, 1.165) is 19.3 Å². The van der Waals surface area contributed by atoms with E-state index in [1.807, 2.05) is 20.8 Å². The summed E-state index contributed by atoms with van der Waals surface area (Å²) in [5, 5.41) is 34.6. The Morgan fingerprint density at radius 3 is 2.17 bits per heavy atom. The first-order valence-corrected chi connectivity index (χ1v) is 13.8. The van der Waals surface area contributed by atoms with Gasteiger partial charge in [-0.15, -0.1) is 6.42 Å². The molecule has 0 unspecified atom stereocenters. The van der Waals surface area contributed by atoms with E-state index in [9.17, 15) is 29.4 Å². The van der Waals surface area contributed by atoms with Gasteiger partial charge in [-0.1, -0.05) is 58.1 Å². The average molecular weight is 558 g/mol. The van der Waals surface area contributed by atoms with E-state index in [1.165, 1.54) is 4.90 Å². The molecule has 4 atom stereocenters. The smallest absolute Gasteiger partial charge is 0.303 e. The van der Waals surface area contributed by atoms with E-state index in [0.29, 0.717) is 24.0 Å². The molecule has 10 heteroatoms. The monoisotopic (exact) mass is 557 g/mol. The van der Waals surface area contributed by atoms with Crippen LogP contribution in [0.3, 0.4) is 0 Å². The number of likely N-dealkylation sites (tertiary alicyclic amines) is 1. The summed E-state index contributed by atoms with van der Waals surface area (Å²) in [6.45, 7) is 5.05. The second kappa shape index (κ2) is 15.4. The second-order valence-corrected chi connectivity index (χ2v) is 11.4. The first-order chi connectivity index (χ1) is 18.9. The van der Waals surface area contributed by atoms with Crippen LogP contribution in [0.25, 0.3) is 0 Å². The van der Waals surface area contributed by atoms with Gasteiger partial charge in [0.25, 0.3) is 0 Å². The Bertz CT molecular complexity index is 1060. The predicted molar refractivity (Wildman–Crippen MR) is 150 cm³/mol. The predicted octanol–water partition coefficient (Wildman–Crippen LogP) is 2.13. The van der Waals surface area contributed by atoms with Crippen LogP contribution in [0, 0.1) is 17.8 Å². The Labute approximate surface area is 236 Å². The summed E-state index contributed by atoms with van der Waals surface area (Å²) in [4.78, 5) is 51.6. The molecule has 40 heavy (non-hydrogen) atoms. The number of benzene rings is 1.